The van der Waals surface area contributed by atoms with Crippen molar-refractivity contribution in [1.29, 1.82) is 0 Å². The van der Waals surface area contributed by atoms with Crippen LogP contribution in [-0.2, 0) is 11.3 Å². The van der Waals surface area contributed by atoms with Crippen LogP contribution in [0.15, 0.2) is 46.9 Å². The summed E-state index contributed by atoms with van der Waals surface area (Å²) in [5, 5.41) is 0. The van der Waals surface area contributed by atoms with Gasteiger partial charge in [-0.05, 0) is 51.3 Å². The Hall–Kier alpha value is -1.67. The first kappa shape index (κ1) is 19.1. The largest absolute Gasteiger partial charge is 0.435 e. The predicted octanol–water partition coefficient (Wildman–Crippen LogP) is 6.10. The molecule has 1 aliphatic carbocycles. The number of alkyl halides is 4. The molecule has 1 aliphatic rings. The number of benzene rings is 2. The van der Waals surface area contributed by atoms with E-state index in [2.05, 4.69) is 20.7 Å². The Labute approximate surface area is 155 Å². The van der Waals surface area contributed by atoms with Crippen LogP contribution in [0.4, 0.5) is 22.0 Å². The molecule has 2 atom stereocenters. The maximum atomic E-state index is 13.6. The highest BCUT2D eigenvalue weighted by atomic mass is 79.9. The molecular weight excluding hydrogens is 423 g/mol. The SMILES string of the molecule is Fc1ccc(COC(c2ccc(OC(F)F)cc2)C2CC2(F)F)cc1Br. The Kier molecular flexibility index (Phi) is 5.53. The molecule has 2 aromatic rings. The monoisotopic (exact) mass is 436 g/mol. The van der Waals surface area contributed by atoms with Crippen LogP contribution in [-0.4, -0.2) is 12.5 Å². The molecule has 0 saturated heterocycles. The first-order valence-corrected chi connectivity index (χ1v) is 8.54. The third-order valence-corrected chi connectivity index (χ3v) is 4.69. The average Bonchev–Trinajstić information content (AvgIpc) is 3.20. The lowest BCUT2D eigenvalue weighted by Crippen LogP contribution is -2.12. The number of halogens is 6. The molecule has 0 aliphatic heterocycles. The Morgan fingerprint density at radius 3 is 2.31 bits per heavy atom. The summed E-state index contributed by atoms with van der Waals surface area (Å²) in [4.78, 5) is 0. The Morgan fingerprint density at radius 1 is 1.12 bits per heavy atom. The van der Waals surface area contributed by atoms with Crippen LogP contribution < -0.4 is 4.74 Å². The van der Waals surface area contributed by atoms with Crippen molar-refractivity contribution in [2.45, 2.75) is 31.7 Å². The summed E-state index contributed by atoms with van der Waals surface area (Å²) in [6, 6.07) is 9.69. The van der Waals surface area contributed by atoms with Crippen LogP contribution >= 0.6 is 15.9 Å². The van der Waals surface area contributed by atoms with Gasteiger partial charge < -0.3 is 9.47 Å². The fourth-order valence-corrected chi connectivity index (χ4v) is 3.09. The minimum absolute atomic E-state index is 0.00537. The van der Waals surface area contributed by atoms with Crippen LogP contribution in [0.1, 0.15) is 23.7 Å². The van der Waals surface area contributed by atoms with Gasteiger partial charge in [0.25, 0.3) is 5.92 Å². The molecule has 3 rings (SSSR count). The van der Waals surface area contributed by atoms with Crippen molar-refractivity contribution in [3.63, 3.8) is 0 Å². The fourth-order valence-electron chi connectivity index (χ4n) is 2.66. The first-order valence-electron chi connectivity index (χ1n) is 7.74. The van der Waals surface area contributed by atoms with Gasteiger partial charge in [0.1, 0.15) is 11.6 Å². The summed E-state index contributed by atoms with van der Waals surface area (Å²) < 4.78 is 75.0. The van der Waals surface area contributed by atoms with Crippen molar-refractivity contribution in [2.75, 3.05) is 0 Å². The van der Waals surface area contributed by atoms with Gasteiger partial charge in [-0.1, -0.05) is 18.2 Å². The molecule has 0 bridgehead atoms. The smallest absolute Gasteiger partial charge is 0.387 e. The Bertz CT molecular complexity index is 767. The zero-order chi connectivity index (χ0) is 18.9. The van der Waals surface area contributed by atoms with Crippen LogP contribution in [0.2, 0.25) is 0 Å². The van der Waals surface area contributed by atoms with Gasteiger partial charge in [-0.2, -0.15) is 8.78 Å². The topological polar surface area (TPSA) is 18.5 Å². The van der Waals surface area contributed by atoms with Crippen molar-refractivity contribution >= 4 is 15.9 Å². The molecule has 1 fully saturated rings. The van der Waals surface area contributed by atoms with Crippen LogP contribution in [0, 0.1) is 11.7 Å². The summed E-state index contributed by atoms with van der Waals surface area (Å²) in [6.07, 6.45) is -1.21. The van der Waals surface area contributed by atoms with Gasteiger partial charge in [-0.15, -0.1) is 0 Å². The Balaban J connectivity index is 1.74. The molecule has 2 unspecified atom stereocenters. The molecule has 0 radical (unpaired) electrons. The van der Waals surface area contributed by atoms with Gasteiger partial charge in [0.05, 0.1) is 23.1 Å². The lowest BCUT2D eigenvalue weighted by Gasteiger charge is -2.19. The van der Waals surface area contributed by atoms with E-state index in [-0.39, 0.29) is 23.2 Å². The molecule has 0 N–H and O–H groups in total. The molecule has 140 valence electrons. The van der Waals surface area contributed by atoms with E-state index in [9.17, 15) is 22.0 Å². The molecule has 26 heavy (non-hydrogen) atoms. The van der Waals surface area contributed by atoms with Gasteiger partial charge in [-0.3, -0.25) is 0 Å². The molecule has 1 saturated carbocycles. The van der Waals surface area contributed by atoms with E-state index in [1.165, 1.54) is 42.5 Å². The summed E-state index contributed by atoms with van der Waals surface area (Å²) in [6.45, 7) is -2.96. The van der Waals surface area contributed by atoms with Crippen molar-refractivity contribution in [3.05, 3.63) is 63.9 Å². The van der Waals surface area contributed by atoms with E-state index < -0.39 is 30.4 Å². The highest BCUT2D eigenvalue weighted by Gasteiger charge is 2.61. The van der Waals surface area contributed by atoms with E-state index in [1.807, 2.05) is 0 Å². The van der Waals surface area contributed by atoms with Gasteiger partial charge in [0.2, 0.25) is 0 Å². The lowest BCUT2D eigenvalue weighted by molar-refractivity contribution is -0.0499. The molecule has 2 nitrogen and oxygen atoms in total. The van der Waals surface area contributed by atoms with Gasteiger partial charge in [-0.25, -0.2) is 13.2 Å². The highest BCUT2D eigenvalue weighted by Crippen LogP contribution is 2.56. The number of hydrogen-bond donors (Lipinski definition) is 0. The van der Waals surface area contributed by atoms with Crippen molar-refractivity contribution in [3.8, 4) is 5.75 Å². The van der Waals surface area contributed by atoms with Crippen LogP contribution in [0.3, 0.4) is 0 Å². The van der Waals surface area contributed by atoms with Gasteiger partial charge >= 0.3 is 6.61 Å². The van der Waals surface area contributed by atoms with E-state index >= 15 is 0 Å². The molecule has 0 aromatic heterocycles. The Morgan fingerprint density at radius 2 is 1.77 bits per heavy atom. The van der Waals surface area contributed by atoms with Crippen LogP contribution in [0.25, 0.3) is 0 Å². The second kappa shape index (κ2) is 7.52. The van der Waals surface area contributed by atoms with E-state index in [0.717, 1.165) is 0 Å². The first-order chi connectivity index (χ1) is 12.3. The second-order valence-electron chi connectivity index (χ2n) is 6.00. The normalized spacial score (nSPS) is 19.4. The summed E-state index contributed by atoms with van der Waals surface area (Å²) in [5.74, 6) is -4.32. The lowest BCUT2D eigenvalue weighted by atomic mass is 10.0. The molecular formula is C18H14BrF5O2. The number of rotatable bonds is 7. The molecule has 0 spiro atoms. The summed E-state index contributed by atoms with van der Waals surface area (Å²) in [7, 11) is 0. The third kappa shape index (κ3) is 4.54. The maximum absolute atomic E-state index is 13.6. The highest BCUT2D eigenvalue weighted by molar-refractivity contribution is 9.10. The zero-order valence-electron chi connectivity index (χ0n) is 13.3. The number of ether oxygens (including phenoxy) is 2. The van der Waals surface area contributed by atoms with Gasteiger partial charge in [0, 0.05) is 6.42 Å². The van der Waals surface area contributed by atoms with E-state index in [1.54, 1.807) is 0 Å². The third-order valence-electron chi connectivity index (χ3n) is 4.09. The molecule has 2 aromatic carbocycles. The minimum Gasteiger partial charge on any atom is -0.435 e. The summed E-state index contributed by atoms with van der Waals surface area (Å²) in [5.41, 5.74) is 1.06. The van der Waals surface area contributed by atoms with Gasteiger partial charge in [0.15, 0.2) is 0 Å². The molecule has 8 heteroatoms. The standard InChI is InChI=1S/C18H14BrF5O2/c19-14-7-10(1-6-15(14)20)9-25-16(13-8-18(13,23)24)11-2-4-12(5-3-11)26-17(21)22/h1-7,13,16-17H,8-9H2. The predicted molar refractivity (Wildman–Crippen MR) is 87.8 cm³/mol. The van der Waals surface area contributed by atoms with E-state index in [4.69, 9.17) is 4.74 Å². The molecule has 0 heterocycles. The second-order valence-corrected chi connectivity index (χ2v) is 6.85. The summed E-state index contributed by atoms with van der Waals surface area (Å²) >= 11 is 3.06. The van der Waals surface area contributed by atoms with E-state index in [0.29, 0.717) is 11.1 Å². The van der Waals surface area contributed by atoms with Crippen LogP contribution in [0.5, 0.6) is 5.75 Å². The maximum Gasteiger partial charge on any atom is 0.387 e. The molecule has 0 amide bonds. The fraction of sp³-hybridized carbons (Fsp3) is 0.333. The number of hydrogen-bond acceptors (Lipinski definition) is 2. The zero-order valence-corrected chi connectivity index (χ0v) is 14.9. The average molecular weight is 437 g/mol. The van der Waals surface area contributed by atoms with Crippen molar-refractivity contribution in [1.82, 2.24) is 0 Å². The minimum atomic E-state index is -2.96. The van der Waals surface area contributed by atoms with Crippen molar-refractivity contribution in [2.24, 2.45) is 5.92 Å². The van der Waals surface area contributed by atoms with Crippen molar-refractivity contribution < 1.29 is 31.4 Å². The quantitative estimate of drug-likeness (QED) is 0.488.